The lowest BCUT2D eigenvalue weighted by molar-refractivity contribution is 0.279. The van der Waals surface area contributed by atoms with Crippen LogP contribution in [0.15, 0.2) is 30.5 Å². The van der Waals surface area contributed by atoms with Gasteiger partial charge in [0.05, 0.1) is 29.7 Å². The van der Waals surface area contributed by atoms with Crippen molar-refractivity contribution in [3.8, 4) is 11.5 Å². The number of aromatic nitrogens is 1. The summed E-state index contributed by atoms with van der Waals surface area (Å²) in [6, 6.07) is 7.63. The van der Waals surface area contributed by atoms with Crippen molar-refractivity contribution >= 4 is 11.3 Å². The molecule has 0 amide bonds. The number of aliphatic hydroxyl groups is 1. The van der Waals surface area contributed by atoms with Crippen molar-refractivity contribution in [1.82, 2.24) is 4.98 Å². The first-order valence-electron chi connectivity index (χ1n) is 6.22. The van der Waals surface area contributed by atoms with Gasteiger partial charge in [0.2, 0.25) is 0 Å². The van der Waals surface area contributed by atoms with Gasteiger partial charge in [-0.15, -0.1) is 11.3 Å². The number of benzene rings is 1. The zero-order valence-corrected chi connectivity index (χ0v) is 11.7. The molecule has 0 saturated carbocycles. The van der Waals surface area contributed by atoms with E-state index in [0.717, 1.165) is 27.8 Å². The first kappa shape index (κ1) is 13.8. The second kappa shape index (κ2) is 7.11. The average Bonchev–Trinajstić information content (AvgIpc) is 2.89. The van der Waals surface area contributed by atoms with Crippen molar-refractivity contribution in [2.75, 3.05) is 13.2 Å². The quantitative estimate of drug-likeness (QED) is 0.846. The van der Waals surface area contributed by atoms with Crippen molar-refractivity contribution < 1.29 is 14.6 Å². The van der Waals surface area contributed by atoms with Crippen LogP contribution in [0.1, 0.15) is 16.8 Å². The summed E-state index contributed by atoms with van der Waals surface area (Å²) in [4.78, 5) is 5.10. The van der Waals surface area contributed by atoms with Crippen LogP contribution >= 0.6 is 11.3 Å². The van der Waals surface area contributed by atoms with Crippen molar-refractivity contribution in [3.05, 3.63) is 40.3 Å². The Bertz CT molecular complexity index is 513. The highest BCUT2D eigenvalue weighted by Crippen LogP contribution is 2.26. The molecular weight excluding hydrogens is 262 g/mol. The predicted molar refractivity (Wildman–Crippen MR) is 74.8 cm³/mol. The van der Waals surface area contributed by atoms with E-state index in [1.165, 1.54) is 11.3 Å². The van der Waals surface area contributed by atoms with Gasteiger partial charge in [0.25, 0.3) is 0 Å². The van der Waals surface area contributed by atoms with E-state index in [9.17, 15) is 0 Å². The molecule has 2 rings (SSSR count). The summed E-state index contributed by atoms with van der Waals surface area (Å²) in [6.45, 7) is 3.16. The van der Waals surface area contributed by atoms with Crippen LogP contribution in [0.4, 0.5) is 0 Å². The smallest absolute Gasteiger partial charge is 0.161 e. The minimum atomic E-state index is 0.0473. The van der Waals surface area contributed by atoms with Gasteiger partial charge >= 0.3 is 0 Å². The highest BCUT2D eigenvalue weighted by molar-refractivity contribution is 7.11. The lowest BCUT2D eigenvalue weighted by atomic mass is 10.3. The standard InChI is InChI=1S/C14H17NO3S/c1-2-17-12-5-3-4-6-13(12)18-8-7-14-15-9-11(10-16)19-14/h3-6,9,16H,2,7-8,10H2,1H3. The average molecular weight is 279 g/mol. The predicted octanol–water partition coefficient (Wildman–Crippen LogP) is 2.66. The molecule has 0 aliphatic carbocycles. The van der Waals surface area contributed by atoms with Gasteiger partial charge < -0.3 is 14.6 Å². The molecule has 19 heavy (non-hydrogen) atoms. The van der Waals surface area contributed by atoms with Crippen LogP contribution < -0.4 is 9.47 Å². The monoisotopic (exact) mass is 279 g/mol. The Hall–Kier alpha value is -1.59. The molecule has 0 aliphatic rings. The fraction of sp³-hybridized carbons (Fsp3) is 0.357. The van der Waals surface area contributed by atoms with Gasteiger partial charge in [-0.2, -0.15) is 0 Å². The molecule has 1 N–H and O–H groups in total. The van der Waals surface area contributed by atoms with Crippen LogP contribution in [0, 0.1) is 0 Å². The molecule has 0 saturated heterocycles. The lowest BCUT2D eigenvalue weighted by Crippen LogP contribution is -2.03. The summed E-state index contributed by atoms with van der Waals surface area (Å²) in [7, 11) is 0. The molecule has 1 aromatic heterocycles. The van der Waals surface area contributed by atoms with Crippen LogP contribution in [0.5, 0.6) is 11.5 Å². The molecule has 1 aromatic carbocycles. The number of aliphatic hydroxyl groups excluding tert-OH is 1. The largest absolute Gasteiger partial charge is 0.490 e. The van der Waals surface area contributed by atoms with E-state index in [-0.39, 0.29) is 6.61 Å². The van der Waals surface area contributed by atoms with Gasteiger partial charge in [0, 0.05) is 12.6 Å². The second-order valence-corrected chi connectivity index (χ2v) is 5.06. The maximum Gasteiger partial charge on any atom is 0.161 e. The van der Waals surface area contributed by atoms with Gasteiger partial charge in [0.15, 0.2) is 11.5 Å². The molecule has 0 atom stereocenters. The molecule has 0 radical (unpaired) electrons. The molecule has 1 heterocycles. The van der Waals surface area contributed by atoms with Crippen molar-refractivity contribution in [1.29, 1.82) is 0 Å². The zero-order valence-electron chi connectivity index (χ0n) is 10.8. The molecule has 0 aliphatic heterocycles. The number of rotatable bonds is 7. The van der Waals surface area contributed by atoms with Gasteiger partial charge in [-0.05, 0) is 19.1 Å². The van der Waals surface area contributed by atoms with Crippen LogP contribution in [-0.2, 0) is 13.0 Å². The Morgan fingerprint density at radius 2 is 1.95 bits per heavy atom. The SMILES string of the molecule is CCOc1ccccc1OCCc1ncc(CO)s1. The zero-order chi connectivity index (χ0) is 13.5. The second-order valence-electron chi connectivity index (χ2n) is 3.86. The third-order valence-electron chi connectivity index (χ3n) is 2.48. The molecule has 2 aromatic rings. The summed E-state index contributed by atoms with van der Waals surface area (Å²) >= 11 is 1.51. The van der Waals surface area contributed by atoms with E-state index in [1.807, 2.05) is 31.2 Å². The Labute approximate surface area is 116 Å². The van der Waals surface area contributed by atoms with E-state index in [4.69, 9.17) is 14.6 Å². The third kappa shape index (κ3) is 3.94. The number of hydrogen-bond acceptors (Lipinski definition) is 5. The van der Waals surface area contributed by atoms with Crippen molar-refractivity contribution in [2.45, 2.75) is 20.0 Å². The molecule has 0 fully saturated rings. The lowest BCUT2D eigenvalue weighted by Gasteiger charge is -2.10. The minimum Gasteiger partial charge on any atom is -0.490 e. The van der Waals surface area contributed by atoms with Crippen LogP contribution in [0.2, 0.25) is 0 Å². The number of para-hydroxylation sites is 2. The molecular formula is C14H17NO3S. The summed E-state index contributed by atoms with van der Waals surface area (Å²) in [5.41, 5.74) is 0. The fourth-order valence-electron chi connectivity index (χ4n) is 1.63. The summed E-state index contributed by atoms with van der Waals surface area (Å²) in [6.07, 6.45) is 2.43. The van der Waals surface area contributed by atoms with Gasteiger partial charge in [-0.1, -0.05) is 12.1 Å². The Kier molecular flexibility index (Phi) is 5.18. The Morgan fingerprint density at radius 3 is 2.58 bits per heavy atom. The molecule has 102 valence electrons. The normalized spacial score (nSPS) is 10.4. The van der Waals surface area contributed by atoms with Gasteiger partial charge in [0.1, 0.15) is 0 Å². The molecule has 0 unspecified atom stereocenters. The molecule has 4 nitrogen and oxygen atoms in total. The number of hydrogen-bond donors (Lipinski definition) is 1. The summed E-state index contributed by atoms with van der Waals surface area (Å²) in [5, 5.41) is 9.94. The highest BCUT2D eigenvalue weighted by atomic mass is 32.1. The number of ether oxygens (including phenoxy) is 2. The summed E-state index contributed by atoms with van der Waals surface area (Å²) < 4.78 is 11.2. The number of nitrogens with zero attached hydrogens (tertiary/aromatic N) is 1. The highest BCUT2D eigenvalue weighted by Gasteiger charge is 2.05. The van der Waals surface area contributed by atoms with E-state index in [0.29, 0.717) is 13.2 Å². The van der Waals surface area contributed by atoms with Crippen LogP contribution in [0.3, 0.4) is 0 Å². The van der Waals surface area contributed by atoms with E-state index < -0.39 is 0 Å². The van der Waals surface area contributed by atoms with Gasteiger partial charge in [-0.25, -0.2) is 4.98 Å². The molecule has 0 bridgehead atoms. The Balaban J connectivity index is 1.88. The van der Waals surface area contributed by atoms with Crippen LogP contribution in [0.25, 0.3) is 0 Å². The summed E-state index contributed by atoms with van der Waals surface area (Å²) in [5.74, 6) is 1.52. The van der Waals surface area contributed by atoms with Crippen molar-refractivity contribution in [2.24, 2.45) is 0 Å². The molecule has 0 spiro atoms. The van der Waals surface area contributed by atoms with Crippen molar-refractivity contribution in [3.63, 3.8) is 0 Å². The van der Waals surface area contributed by atoms with Crippen LogP contribution in [-0.4, -0.2) is 23.3 Å². The molecule has 5 heteroatoms. The maximum absolute atomic E-state index is 8.97. The fourth-order valence-corrected chi connectivity index (χ4v) is 2.39. The van der Waals surface area contributed by atoms with Gasteiger partial charge in [-0.3, -0.25) is 0 Å². The van der Waals surface area contributed by atoms with E-state index in [1.54, 1.807) is 6.20 Å². The minimum absolute atomic E-state index is 0.0473. The topological polar surface area (TPSA) is 51.6 Å². The maximum atomic E-state index is 8.97. The van der Waals surface area contributed by atoms with E-state index >= 15 is 0 Å². The Morgan fingerprint density at radius 1 is 1.21 bits per heavy atom. The van der Waals surface area contributed by atoms with E-state index in [2.05, 4.69) is 4.98 Å². The number of thiazole rings is 1. The third-order valence-corrected chi connectivity index (χ3v) is 3.52. The first-order chi connectivity index (χ1) is 9.33. The first-order valence-corrected chi connectivity index (χ1v) is 7.04.